The molecule has 0 aliphatic carbocycles. The maximum absolute atomic E-state index is 6.09. The topological polar surface area (TPSA) is 12.9 Å². The smallest absolute Gasteiger partial charge is 0.0717 e. The lowest BCUT2D eigenvalue weighted by Crippen LogP contribution is -1.88. The third kappa shape index (κ3) is 1.60. The number of pyridine rings is 1. The second kappa shape index (κ2) is 3.58. The minimum Gasteiger partial charge on any atom is -0.256 e. The number of hydrogen-bond acceptors (Lipinski definition) is 1. The Balaban J connectivity index is 2.70. The van der Waals surface area contributed by atoms with Crippen LogP contribution in [-0.2, 0) is 0 Å². The zero-order chi connectivity index (χ0) is 10.1. The summed E-state index contributed by atoms with van der Waals surface area (Å²) in [5.74, 6) is 0.524. The monoisotopic (exact) mass is 205 g/mol. The zero-order valence-corrected chi connectivity index (χ0v) is 9.05. The third-order valence-electron chi connectivity index (χ3n) is 2.38. The van der Waals surface area contributed by atoms with Crippen LogP contribution in [0.15, 0.2) is 30.5 Å². The van der Waals surface area contributed by atoms with E-state index in [-0.39, 0.29) is 0 Å². The van der Waals surface area contributed by atoms with Crippen molar-refractivity contribution in [2.24, 2.45) is 0 Å². The van der Waals surface area contributed by atoms with E-state index in [4.69, 9.17) is 11.6 Å². The summed E-state index contributed by atoms with van der Waals surface area (Å²) in [6.07, 6.45) is 1.74. The summed E-state index contributed by atoms with van der Waals surface area (Å²) in [6, 6.07) is 8.08. The van der Waals surface area contributed by atoms with Crippen LogP contribution in [0.25, 0.3) is 10.9 Å². The van der Waals surface area contributed by atoms with Crippen LogP contribution in [0.2, 0.25) is 5.02 Å². The Morgan fingerprint density at radius 2 is 2.00 bits per heavy atom. The molecule has 0 unspecified atom stereocenters. The molecule has 72 valence electrons. The van der Waals surface area contributed by atoms with Gasteiger partial charge >= 0.3 is 0 Å². The molecule has 0 bridgehead atoms. The predicted octanol–water partition coefficient (Wildman–Crippen LogP) is 4.01. The molecule has 0 amide bonds. The van der Waals surface area contributed by atoms with Gasteiger partial charge in [-0.1, -0.05) is 31.5 Å². The molecule has 0 aliphatic heterocycles. The van der Waals surface area contributed by atoms with Gasteiger partial charge in [-0.05, 0) is 29.7 Å². The first-order valence-corrected chi connectivity index (χ1v) is 5.10. The summed E-state index contributed by atoms with van der Waals surface area (Å²) in [7, 11) is 0. The summed E-state index contributed by atoms with van der Waals surface area (Å²) in [6.45, 7) is 4.34. The van der Waals surface area contributed by atoms with E-state index in [1.165, 1.54) is 5.56 Å². The van der Waals surface area contributed by atoms with Crippen LogP contribution in [0.3, 0.4) is 0 Å². The standard InChI is InChI=1S/C12H12ClN/c1-8(2)9-3-4-12-10(7-9)11(13)5-6-14-12/h3-8H,1-2H3. The second-order valence-electron chi connectivity index (χ2n) is 3.72. The van der Waals surface area contributed by atoms with Gasteiger partial charge in [-0.15, -0.1) is 0 Å². The van der Waals surface area contributed by atoms with E-state index in [0.29, 0.717) is 5.92 Å². The highest BCUT2D eigenvalue weighted by atomic mass is 35.5. The summed E-state index contributed by atoms with van der Waals surface area (Å²) in [4.78, 5) is 4.26. The fourth-order valence-electron chi connectivity index (χ4n) is 1.49. The van der Waals surface area contributed by atoms with Gasteiger partial charge < -0.3 is 0 Å². The Labute approximate surface area is 88.7 Å². The molecule has 14 heavy (non-hydrogen) atoms. The van der Waals surface area contributed by atoms with Gasteiger partial charge in [0.1, 0.15) is 0 Å². The SMILES string of the molecule is CC(C)c1ccc2nccc(Cl)c2c1. The van der Waals surface area contributed by atoms with Crippen LogP contribution in [-0.4, -0.2) is 4.98 Å². The molecular formula is C12H12ClN. The molecule has 0 N–H and O–H groups in total. The maximum atomic E-state index is 6.09. The van der Waals surface area contributed by atoms with Gasteiger partial charge in [-0.25, -0.2) is 0 Å². The lowest BCUT2D eigenvalue weighted by Gasteiger charge is -2.06. The molecule has 1 nitrogen and oxygen atoms in total. The maximum Gasteiger partial charge on any atom is 0.0717 e. The normalized spacial score (nSPS) is 11.1. The van der Waals surface area contributed by atoms with Crippen LogP contribution in [0, 0.1) is 0 Å². The highest BCUT2D eigenvalue weighted by Gasteiger charge is 2.03. The van der Waals surface area contributed by atoms with E-state index in [9.17, 15) is 0 Å². The number of hydrogen-bond donors (Lipinski definition) is 0. The quantitative estimate of drug-likeness (QED) is 0.686. The molecule has 0 atom stereocenters. The number of benzene rings is 1. The predicted molar refractivity (Wildman–Crippen MR) is 60.8 cm³/mol. The van der Waals surface area contributed by atoms with Gasteiger partial charge in [0.15, 0.2) is 0 Å². The molecule has 0 spiro atoms. The van der Waals surface area contributed by atoms with Gasteiger partial charge in [-0.2, -0.15) is 0 Å². The first kappa shape index (κ1) is 9.47. The van der Waals surface area contributed by atoms with Gasteiger partial charge in [0, 0.05) is 11.6 Å². The molecule has 2 heteroatoms. The van der Waals surface area contributed by atoms with Crippen LogP contribution in [0.1, 0.15) is 25.3 Å². The second-order valence-corrected chi connectivity index (χ2v) is 4.13. The Morgan fingerprint density at radius 3 is 2.71 bits per heavy atom. The van der Waals surface area contributed by atoms with Crippen molar-refractivity contribution in [1.29, 1.82) is 0 Å². The number of halogens is 1. The van der Waals surface area contributed by atoms with E-state index in [0.717, 1.165) is 15.9 Å². The van der Waals surface area contributed by atoms with Gasteiger partial charge in [0.25, 0.3) is 0 Å². The highest BCUT2D eigenvalue weighted by molar-refractivity contribution is 6.35. The Bertz CT molecular complexity index is 463. The average molecular weight is 206 g/mol. The van der Waals surface area contributed by atoms with Crippen molar-refractivity contribution in [2.75, 3.05) is 0 Å². The molecular weight excluding hydrogens is 194 g/mol. The van der Waals surface area contributed by atoms with Crippen LogP contribution < -0.4 is 0 Å². The summed E-state index contributed by atoms with van der Waals surface area (Å²) >= 11 is 6.09. The van der Waals surface area contributed by atoms with Crippen molar-refractivity contribution in [1.82, 2.24) is 4.98 Å². The number of nitrogens with zero attached hydrogens (tertiary/aromatic N) is 1. The minimum absolute atomic E-state index is 0.524. The molecule has 0 fully saturated rings. The lowest BCUT2D eigenvalue weighted by molar-refractivity contribution is 0.868. The van der Waals surface area contributed by atoms with E-state index < -0.39 is 0 Å². The first-order valence-electron chi connectivity index (χ1n) is 4.72. The van der Waals surface area contributed by atoms with E-state index >= 15 is 0 Å². The van der Waals surface area contributed by atoms with Crippen molar-refractivity contribution in [3.63, 3.8) is 0 Å². The Morgan fingerprint density at radius 1 is 1.21 bits per heavy atom. The Hall–Kier alpha value is -1.08. The number of aromatic nitrogens is 1. The van der Waals surface area contributed by atoms with Gasteiger partial charge in [-0.3, -0.25) is 4.98 Å². The lowest BCUT2D eigenvalue weighted by atomic mass is 10.0. The molecule has 0 aliphatic rings. The van der Waals surface area contributed by atoms with Crippen LogP contribution in [0.5, 0.6) is 0 Å². The molecule has 1 aromatic heterocycles. The molecule has 0 radical (unpaired) electrons. The molecule has 1 heterocycles. The molecule has 2 aromatic rings. The van der Waals surface area contributed by atoms with Crippen molar-refractivity contribution in [2.45, 2.75) is 19.8 Å². The fraction of sp³-hybridized carbons (Fsp3) is 0.250. The average Bonchev–Trinajstić information content (AvgIpc) is 2.18. The molecule has 0 saturated heterocycles. The van der Waals surface area contributed by atoms with E-state index in [2.05, 4.69) is 31.0 Å². The zero-order valence-electron chi connectivity index (χ0n) is 8.29. The summed E-state index contributed by atoms with van der Waals surface area (Å²) in [5.41, 5.74) is 2.26. The van der Waals surface area contributed by atoms with Crippen LogP contribution >= 0.6 is 11.6 Å². The molecule has 1 aromatic carbocycles. The largest absolute Gasteiger partial charge is 0.256 e. The van der Waals surface area contributed by atoms with E-state index in [1.54, 1.807) is 6.20 Å². The first-order chi connectivity index (χ1) is 6.68. The summed E-state index contributed by atoms with van der Waals surface area (Å²) < 4.78 is 0. The third-order valence-corrected chi connectivity index (χ3v) is 2.71. The highest BCUT2D eigenvalue weighted by Crippen LogP contribution is 2.25. The molecule has 2 rings (SSSR count). The van der Waals surface area contributed by atoms with Gasteiger partial charge in [0.05, 0.1) is 10.5 Å². The summed E-state index contributed by atoms with van der Waals surface area (Å²) in [5, 5.41) is 1.82. The van der Waals surface area contributed by atoms with Crippen molar-refractivity contribution >= 4 is 22.5 Å². The van der Waals surface area contributed by atoms with Crippen molar-refractivity contribution in [3.8, 4) is 0 Å². The minimum atomic E-state index is 0.524. The fourth-order valence-corrected chi connectivity index (χ4v) is 1.70. The number of fused-ring (bicyclic) bond motifs is 1. The Kier molecular flexibility index (Phi) is 2.42. The van der Waals surface area contributed by atoms with Crippen LogP contribution in [0.4, 0.5) is 0 Å². The van der Waals surface area contributed by atoms with Gasteiger partial charge in [0.2, 0.25) is 0 Å². The van der Waals surface area contributed by atoms with Crippen molar-refractivity contribution < 1.29 is 0 Å². The molecule has 0 saturated carbocycles. The van der Waals surface area contributed by atoms with E-state index in [1.807, 2.05) is 12.1 Å². The number of rotatable bonds is 1. The van der Waals surface area contributed by atoms with Crippen molar-refractivity contribution in [3.05, 3.63) is 41.0 Å².